The molecule has 3 rings (SSSR count). The van der Waals surface area contributed by atoms with Crippen molar-refractivity contribution in [2.45, 2.75) is 25.4 Å². The highest BCUT2D eigenvalue weighted by Gasteiger charge is 2.21. The van der Waals surface area contributed by atoms with Crippen LogP contribution in [0, 0.1) is 5.82 Å². The quantitative estimate of drug-likeness (QED) is 0.879. The van der Waals surface area contributed by atoms with Gasteiger partial charge >= 0.3 is 0 Å². The molecule has 0 bridgehead atoms. The highest BCUT2D eigenvalue weighted by Crippen LogP contribution is 2.31. The van der Waals surface area contributed by atoms with E-state index in [0.29, 0.717) is 12.3 Å². The molecule has 0 spiro atoms. The van der Waals surface area contributed by atoms with E-state index in [9.17, 15) is 9.50 Å². The lowest BCUT2D eigenvalue weighted by molar-refractivity contribution is 0.206. The van der Waals surface area contributed by atoms with Gasteiger partial charge in [0.1, 0.15) is 5.82 Å². The van der Waals surface area contributed by atoms with Gasteiger partial charge in [0.25, 0.3) is 0 Å². The number of likely N-dealkylation sites (tertiary alicyclic amines) is 1. The Kier molecular flexibility index (Phi) is 5.20. The minimum Gasteiger partial charge on any atom is -0.504 e. The van der Waals surface area contributed by atoms with E-state index < -0.39 is 0 Å². The number of anilines is 1. The van der Waals surface area contributed by atoms with E-state index in [-0.39, 0.29) is 17.6 Å². The van der Waals surface area contributed by atoms with Crippen molar-refractivity contribution in [3.63, 3.8) is 0 Å². The van der Waals surface area contributed by atoms with E-state index >= 15 is 0 Å². The molecule has 1 heterocycles. The van der Waals surface area contributed by atoms with E-state index in [1.54, 1.807) is 19.2 Å². The van der Waals surface area contributed by atoms with Crippen LogP contribution in [0.5, 0.6) is 11.5 Å². The van der Waals surface area contributed by atoms with Crippen molar-refractivity contribution in [3.8, 4) is 11.5 Å². The molecule has 1 unspecified atom stereocenters. The monoisotopic (exact) mass is 330 g/mol. The summed E-state index contributed by atoms with van der Waals surface area (Å²) in [7, 11) is 1.55. The van der Waals surface area contributed by atoms with Crippen LogP contribution in [0.2, 0.25) is 0 Å². The highest BCUT2D eigenvalue weighted by atomic mass is 19.1. The van der Waals surface area contributed by atoms with Crippen LogP contribution in [-0.4, -0.2) is 36.2 Å². The van der Waals surface area contributed by atoms with Crippen LogP contribution >= 0.6 is 0 Å². The molecule has 0 aliphatic carbocycles. The summed E-state index contributed by atoms with van der Waals surface area (Å²) in [6.45, 7) is 2.51. The van der Waals surface area contributed by atoms with Gasteiger partial charge in [0.2, 0.25) is 0 Å². The second kappa shape index (κ2) is 7.53. The minimum atomic E-state index is -0.228. The Morgan fingerprint density at radius 2 is 2.12 bits per heavy atom. The zero-order valence-corrected chi connectivity index (χ0v) is 13.8. The van der Waals surface area contributed by atoms with Crippen molar-refractivity contribution in [1.82, 2.24) is 4.90 Å². The van der Waals surface area contributed by atoms with E-state index in [1.165, 1.54) is 12.1 Å². The van der Waals surface area contributed by atoms with Gasteiger partial charge in [0.15, 0.2) is 11.5 Å². The zero-order chi connectivity index (χ0) is 16.9. The Morgan fingerprint density at radius 1 is 1.29 bits per heavy atom. The first-order chi connectivity index (χ1) is 11.7. The number of aromatic hydroxyl groups is 1. The number of rotatable bonds is 5. The molecule has 5 heteroatoms. The predicted molar refractivity (Wildman–Crippen MR) is 93.0 cm³/mol. The Labute approximate surface area is 141 Å². The maximum Gasteiger partial charge on any atom is 0.162 e. The fourth-order valence-electron chi connectivity index (χ4n) is 3.23. The minimum absolute atomic E-state index is 0.209. The molecule has 1 atom stereocenters. The number of para-hydroxylation sites is 1. The number of phenols is 1. The summed E-state index contributed by atoms with van der Waals surface area (Å²) in [6.07, 6.45) is 2.12. The number of nitrogens with zero attached hydrogens (tertiary/aromatic N) is 1. The molecular formula is C19H23FN2O2. The number of hydrogen-bond acceptors (Lipinski definition) is 4. The van der Waals surface area contributed by atoms with Crippen molar-refractivity contribution in [2.75, 3.05) is 25.5 Å². The molecule has 0 saturated carbocycles. The fourth-order valence-corrected chi connectivity index (χ4v) is 3.23. The lowest BCUT2D eigenvalue weighted by Crippen LogP contribution is -2.41. The topological polar surface area (TPSA) is 44.7 Å². The largest absolute Gasteiger partial charge is 0.504 e. The summed E-state index contributed by atoms with van der Waals surface area (Å²) < 4.78 is 18.5. The number of phenolic OH excluding ortho intramolecular Hbond substituents is 1. The SMILES string of the molecule is COc1cccc(CN2CCCC(Nc3cccc(F)c3)C2)c1O. The second-order valence-electron chi connectivity index (χ2n) is 6.20. The lowest BCUT2D eigenvalue weighted by atomic mass is 10.0. The molecule has 128 valence electrons. The van der Waals surface area contributed by atoms with Gasteiger partial charge < -0.3 is 15.2 Å². The van der Waals surface area contributed by atoms with Crippen LogP contribution in [0.25, 0.3) is 0 Å². The number of nitrogens with one attached hydrogen (secondary N) is 1. The molecule has 0 aromatic heterocycles. The average molecular weight is 330 g/mol. The zero-order valence-electron chi connectivity index (χ0n) is 13.8. The van der Waals surface area contributed by atoms with Gasteiger partial charge in [-0.15, -0.1) is 0 Å². The van der Waals surface area contributed by atoms with E-state index in [2.05, 4.69) is 10.2 Å². The molecule has 1 fully saturated rings. The smallest absolute Gasteiger partial charge is 0.162 e. The van der Waals surface area contributed by atoms with E-state index in [4.69, 9.17) is 4.74 Å². The first-order valence-corrected chi connectivity index (χ1v) is 8.25. The molecule has 2 N–H and O–H groups in total. The molecule has 0 amide bonds. The van der Waals surface area contributed by atoms with E-state index in [1.807, 2.05) is 18.2 Å². The normalized spacial score (nSPS) is 18.3. The average Bonchev–Trinajstić information content (AvgIpc) is 2.57. The van der Waals surface area contributed by atoms with Crippen molar-refractivity contribution in [3.05, 3.63) is 53.8 Å². The van der Waals surface area contributed by atoms with Gasteiger partial charge in [0.05, 0.1) is 7.11 Å². The second-order valence-corrected chi connectivity index (χ2v) is 6.20. The van der Waals surface area contributed by atoms with Gasteiger partial charge in [-0.3, -0.25) is 4.90 Å². The third-order valence-electron chi connectivity index (χ3n) is 4.40. The molecule has 24 heavy (non-hydrogen) atoms. The van der Waals surface area contributed by atoms with E-state index in [0.717, 1.165) is 37.2 Å². The van der Waals surface area contributed by atoms with Gasteiger partial charge in [0, 0.05) is 30.4 Å². The van der Waals surface area contributed by atoms with Gasteiger partial charge in [-0.25, -0.2) is 4.39 Å². The molecule has 0 radical (unpaired) electrons. The molecular weight excluding hydrogens is 307 g/mol. The van der Waals surface area contributed by atoms with Crippen molar-refractivity contribution >= 4 is 5.69 Å². The van der Waals surface area contributed by atoms with Crippen molar-refractivity contribution < 1.29 is 14.2 Å². The molecule has 4 nitrogen and oxygen atoms in total. The van der Waals surface area contributed by atoms with Crippen molar-refractivity contribution in [1.29, 1.82) is 0 Å². The summed E-state index contributed by atoms with van der Waals surface area (Å²) in [6, 6.07) is 12.4. The number of benzene rings is 2. The summed E-state index contributed by atoms with van der Waals surface area (Å²) in [4.78, 5) is 2.30. The Hall–Kier alpha value is -2.27. The van der Waals surface area contributed by atoms with Crippen molar-refractivity contribution in [2.24, 2.45) is 0 Å². The maximum atomic E-state index is 13.3. The lowest BCUT2D eigenvalue weighted by Gasteiger charge is -2.33. The van der Waals surface area contributed by atoms with Gasteiger partial charge in [-0.1, -0.05) is 18.2 Å². The standard InChI is InChI=1S/C19H23FN2O2/c1-24-18-9-2-5-14(19(18)23)12-22-10-4-8-17(13-22)21-16-7-3-6-15(20)11-16/h2-3,5-7,9,11,17,21,23H,4,8,10,12-13H2,1H3. The predicted octanol–water partition coefficient (Wildman–Crippen LogP) is 3.62. The Balaban J connectivity index is 1.63. The van der Waals surface area contributed by atoms with Crippen LogP contribution < -0.4 is 10.1 Å². The summed E-state index contributed by atoms with van der Waals surface area (Å²) in [5, 5.41) is 13.6. The van der Waals surface area contributed by atoms with Gasteiger partial charge in [-0.2, -0.15) is 0 Å². The fraction of sp³-hybridized carbons (Fsp3) is 0.368. The third kappa shape index (κ3) is 3.97. The first kappa shape index (κ1) is 16.6. The maximum absolute atomic E-state index is 13.3. The third-order valence-corrected chi connectivity index (χ3v) is 4.40. The number of ether oxygens (including phenoxy) is 1. The Bertz CT molecular complexity index is 693. The highest BCUT2D eigenvalue weighted by molar-refractivity contribution is 5.46. The molecule has 1 saturated heterocycles. The Morgan fingerprint density at radius 3 is 2.92 bits per heavy atom. The van der Waals surface area contributed by atoms with Crippen LogP contribution in [0.4, 0.5) is 10.1 Å². The van der Waals surface area contributed by atoms with Crippen LogP contribution in [0.15, 0.2) is 42.5 Å². The molecule has 1 aliphatic rings. The van der Waals surface area contributed by atoms with Crippen LogP contribution in [0.3, 0.4) is 0 Å². The number of piperidine rings is 1. The summed E-state index contributed by atoms with van der Waals surface area (Å²) in [5.41, 5.74) is 1.67. The summed E-state index contributed by atoms with van der Waals surface area (Å²) >= 11 is 0. The summed E-state index contributed by atoms with van der Waals surface area (Å²) in [5.74, 6) is 0.480. The molecule has 1 aliphatic heterocycles. The number of methoxy groups -OCH3 is 1. The van der Waals surface area contributed by atoms with Gasteiger partial charge in [-0.05, 0) is 43.7 Å². The molecule has 2 aromatic carbocycles. The van der Waals surface area contributed by atoms with Crippen LogP contribution in [-0.2, 0) is 6.54 Å². The number of hydrogen-bond donors (Lipinski definition) is 2. The first-order valence-electron chi connectivity index (χ1n) is 8.25. The van der Waals surface area contributed by atoms with Crippen LogP contribution in [0.1, 0.15) is 18.4 Å². The molecule has 2 aromatic rings. The number of halogens is 1.